The lowest BCUT2D eigenvalue weighted by Crippen LogP contribution is -2.46. The van der Waals surface area contributed by atoms with Gasteiger partial charge in [-0.25, -0.2) is 0 Å². The van der Waals surface area contributed by atoms with E-state index in [1.807, 2.05) is 30.3 Å². The Balaban J connectivity index is 2.96. The molecule has 2 unspecified atom stereocenters. The van der Waals surface area contributed by atoms with Crippen molar-refractivity contribution in [1.29, 1.82) is 0 Å². The number of benzene rings is 1. The topological polar surface area (TPSA) is 161 Å². The minimum absolute atomic E-state index is 0.222. The molecule has 1 N–H and O–H groups in total. The van der Waals surface area contributed by atoms with Crippen LogP contribution in [0.1, 0.15) is 18.4 Å². The SMILES string of the molecule is C=CCC(CCOCc1ccccc1)C(C=O)C(N=[N+]=[N-])(N=[N+]=[N-])C(=O)O. The van der Waals surface area contributed by atoms with Crippen LogP contribution in [0, 0.1) is 11.8 Å². The van der Waals surface area contributed by atoms with E-state index in [0.29, 0.717) is 12.9 Å². The van der Waals surface area contributed by atoms with E-state index in [9.17, 15) is 14.7 Å². The van der Waals surface area contributed by atoms with Gasteiger partial charge in [0.25, 0.3) is 0 Å². The zero-order valence-corrected chi connectivity index (χ0v) is 14.6. The highest BCUT2D eigenvalue weighted by Gasteiger charge is 2.48. The number of aliphatic carboxylic acids is 1. The van der Waals surface area contributed by atoms with Gasteiger partial charge >= 0.3 is 5.97 Å². The summed E-state index contributed by atoms with van der Waals surface area (Å²) in [7, 11) is 0. The van der Waals surface area contributed by atoms with Crippen molar-refractivity contribution >= 4 is 12.3 Å². The minimum atomic E-state index is -2.58. The van der Waals surface area contributed by atoms with Crippen LogP contribution in [0.25, 0.3) is 20.9 Å². The van der Waals surface area contributed by atoms with Crippen LogP contribution in [0.15, 0.2) is 53.2 Å². The average Bonchev–Trinajstić information content (AvgIpc) is 2.66. The van der Waals surface area contributed by atoms with Gasteiger partial charge in [0.05, 0.1) is 6.61 Å². The van der Waals surface area contributed by atoms with Crippen LogP contribution in [0.5, 0.6) is 0 Å². The maximum atomic E-state index is 11.7. The van der Waals surface area contributed by atoms with Crippen molar-refractivity contribution in [3.05, 3.63) is 69.4 Å². The highest BCUT2D eigenvalue weighted by molar-refractivity contribution is 5.83. The second-order valence-electron chi connectivity index (χ2n) is 5.68. The number of allylic oxidation sites excluding steroid dienone is 1. The first-order valence-corrected chi connectivity index (χ1v) is 8.09. The molecule has 0 saturated heterocycles. The molecule has 0 amide bonds. The molecule has 0 radical (unpaired) electrons. The van der Waals surface area contributed by atoms with Gasteiger partial charge in [-0.05, 0) is 35.4 Å². The van der Waals surface area contributed by atoms with Crippen molar-refractivity contribution in [2.24, 2.45) is 22.1 Å². The number of hydrogen-bond donors (Lipinski definition) is 1. The molecule has 0 aromatic heterocycles. The summed E-state index contributed by atoms with van der Waals surface area (Å²) in [6.07, 6.45) is 2.37. The summed E-state index contributed by atoms with van der Waals surface area (Å²) in [4.78, 5) is 28.3. The van der Waals surface area contributed by atoms with Gasteiger partial charge in [0.15, 0.2) is 0 Å². The lowest BCUT2D eigenvalue weighted by Gasteiger charge is -2.31. The fourth-order valence-corrected chi connectivity index (χ4v) is 2.71. The van der Waals surface area contributed by atoms with Gasteiger partial charge in [0, 0.05) is 22.3 Å². The molecule has 0 bridgehead atoms. The lowest BCUT2D eigenvalue weighted by atomic mass is 9.79. The van der Waals surface area contributed by atoms with Crippen LogP contribution in [-0.2, 0) is 20.9 Å². The Morgan fingerprint density at radius 2 is 1.93 bits per heavy atom. The monoisotopic (exact) mass is 372 g/mol. The molecule has 0 aliphatic carbocycles. The first-order valence-electron chi connectivity index (χ1n) is 8.09. The Morgan fingerprint density at radius 3 is 2.41 bits per heavy atom. The van der Waals surface area contributed by atoms with Crippen LogP contribution in [-0.4, -0.2) is 29.6 Å². The quantitative estimate of drug-likeness (QED) is 0.138. The van der Waals surface area contributed by atoms with Crippen molar-refractivity contribution in [3.63, 3.8) is 0 Å². The van der Waals surface area contributed by atoms with E-state index in [1.54, 1.807) is 0 Å². The smallest absolute Gasteiger partial charge is 0.322 e. The molecule has 0 heterocycles. The minimum Gasteiger partial charge on any atom is -0.481 e. The standard InChI is InChI=1S/C17H20N6O4/c1-2-6-14(9-10-27-12-13-7-4-3-5-8-13)15(11-24)17(16(25)26,20-22-18)21-23-19/h2-5,7-8,11,14-15H,1,6,9-10,12H2,(H,25,26). The lowest BCUT2D eigenvalue weighted by molar-refractivity contribution is -0.148. The van der Waals surface area contributed by atoms with Crippen molar-refractivity contribution in [3.8, 4) is 0 Å². The molecular formula is C17H20N6O4. The molecule has 142 valence electrons. The molecule has 0 fully saturated rings. The molecule has 0 saturated carbocycles. The molecule has 1 aromatic rings. The number of nitrogens with zero attached hydrogens (tertiary/aromatic N) is 6. The second-order valence-corrected chi connectivity index (χ2v) is 5.68. The molecule has 27 heavy (non-hydrogen) atoms. The van der Waals surface area contributed by atoms with Crippen LogP contribution >= 0.6 is 0 Å². The molecule has 0 aliphatic heterocycles. The number of aldehydes is 1. The van der Waals surface area contributed by atoms with Crippen LogP contribution < -0.4 is 0 Å². The van der Waals surface area contributed by atoms with Crippen LogP contribution in [0.3, 0.4) is 0 Å². The van der Waals surface area contributed by atoms with Gasteiger partial charge in [0.1, 0.15) is 6.29 Å². The Morgan fingerprint density at radius 1 is 1.30 bits per heavy atom. The van der Waals surface area contributed by atoms with Gasteiger partial charge in [-0.15, -0.1) is 6.58 Å². The Kier molecular flexibility index (Phi) is 9.11. The third-order valence-corrected chi connectivity index (χ3v) is 4.04. The van der Waals surface area contributed by atoms with E-state index < -0.39 is 23.5 Å². The van der Waals surface area contributed by atoms with Crippen LogP contribution in [0.2, 0.25) is 0 Å². The molecule has 1 rings (SSSR count). The zero-order chi connectivity index (χ0) is 20.1. The van der Waals surface area contributed by atoms with E-state index in [4.69, 9.17) is 15.8 Å². The molecule has 1 aromatic carbocycles. The first-order chi connectivity index (χ1) is 13.1. The molecular weight excluding hydrogens is 352 g/mol. The number of carboxylic acid groups (broad SMARTS) is 1. The summed E-state index contributed by atoms with van der Waals surface area (Å²) in [5.41, 5.74) is 15.8. The molecule has 10 heteroatoms. The number of azide groups is 1. The van der Waals surface area contributed by atoms with E-state index >= 15 is 0 Å². The second kappa shape index (κ2) is 11.3. The van der Waals surface area contributed by atoms with Gasteiger partial charge in [0.2, 0.25) is 5.66 Å². The van der Waals surface area contributed by atoms with E-state index in [1.165, 1.54) is 6.08 Å². The highest BCUT2D eigenvalue weighted by atomic mass is 16.5. The third kappa shape index (κ3) is 5.86. The van der Waals surface area contributed by atoms with Crippen molar-refractivity contribution < 1.29 is 19.4 Å². The average molecular weight is 372 g/mol. The van der Waals surface area contributed by atoms with Gasteiger partial charge < -0.3 is 14.6 Å². The zero-order valence-electron chi connectivity index (χ0n) is 14.6. The summed E-state index contributed by atoms with van der Waals surface area (Å²) in [6.45, 7) is 4.17. The summed E-state index contributed by atoms with van der Waals surface area (Å²) >= 11 is 0. The van der Waals surface area contributed by atoms with E-state index in [0.717, 1.165) is 5.56 Å². The molecule has 0 spiro atoms. The largest absolute Gasteiger partial charge is 0.481 e. The van der Waals surface area contributed by atoms with Gasteiger partial charge in [-0.1, -0.05) is 46.6 Å². The van der Waals surface area contributed by atoms with Crippen molar-refractivity contribution in [2.45, 2.75) is 25.1 Å². The number of carboxylic acids is 1. The van der Waals surface area contributed by atoms with Crippen molar-refractivity contribution in [2.75, 3.05) is 6.61 Å². The highest BCUT2D eigenvalue weighted by Crippen LogP contribution is 2.34. The third-order valence-electron chi connectivity index (χ3n) is 4.04. The normalized spacial score (nSPS) is 14.5. The Bertz CT molecular complexity index is 718. The van der Waals surface area contributed by atoms with Crippen molar-refractivity contribution in [1.82, 2.24) is 0 Å². The maximum absolute atomic E-state index is 11.7. The number of hydrogen-bond acceptors (Lipinski definition) is 5. The Hall–Kier alpha value is -3.32. The fraction of sp³-hybridized carbons (Fsp3) is 0.412. The predicted molar refractivity (Wildman–Crippen MR) is 97.2 cm³/mol. The summed E-state index contributed by atoms with van der Waals surface area (Å²) in [6, 6.07) is 9.43. The maximum Gasteiger partial charge on any atom is 0.322 e. The number of carbonyl (C=O) groups excluding carboxylic acids is 1. The number of ether oxygens (including phenoxy) is 1. The predicted octanol–water partition coefficient (Wildman–Crippen LogP) is 4.00. The Labute approximate surface area is 155 Å². The molecule has 10 nitrogen and oxygen atoms in total. The van der Waals surface area contributed by atoms with Crippen LogP contribution in [0.4, 0.5) is 0 Å². The van der Waals surface area contributed by atoms with E-state index in [2.05, 4.69) is 26.6 Å². The summed E-state index contributed by atoms with van der Waals surface area (Å²) in [5.74, 6) is -3.68. The van der Waals surface area contributed by atoms with E-state index in [-0.39, 0.29) is 19.4 Å². The number of carbonyl (C=O) groups is 2. The summed E-state index contributed by atoms with van der Waals surface area (Å²) in [5, 5.41) is 15.8. The fourth-order valence-electron chi connectivity index (χ4n) is 2.71. The first kappa shape index (κ1) is 21.7. The van der Waals surface area contributed by atoms with Gasteiger partial charge in [-0.3, -0.25) is 4.79 Å². The molecule has 0 aliphatic rings. The molecule has 2 atom stereocenters. The summed E-state index contributed by atoms with van der Waals surface area (Å²) < 4.78 is 5.58. The number of rotatable bonds is 13. The van der Waals surface area contributed by atoms with Gasteiger partial charge in [-0.2, -0.15) is 0 Å².